The lowest BCUT2D eigenvalue weighted by Crippen LogP contribution is -2.23. The molecule has 0 aliphatic carbocycles. The Morgan fingerprint density at radius 2 is 1.80 bits per heavy atom. The van der Waals surface area contributed by atoms with Gasteiger partial charge in [0.05, 0.1) is 0 Å². The van der Waals surface area contributed by atoms with E-state index in [4.69, 9.17) is 0 Å². The Labute approximate surface area is 88.8 Å². The molecule has 0 saturated carbocycles. The standard InChI is InChI=1S/C13H11NO/c15-13-7-4-9-14(11-13)10-8-12-5-2-1-3-6-12/h1-11H/p+1/b10-8-. The minimum Gasteiger partial charge on any atom is -0.503 e. The lowest BCUT2D eigenvalue weighted by Gasteiger charge is -1.90. The first kappa shape index (κ1) is 9.46. The maximum absolute atomic E-state index is 9.26. The van der Waals surface area contributed by atoms with Gasteiger partial charge in [0.1, 0.15) is 0 Å². The molecule has 2 aromatic rings. The van der Waals surface area contributed by atoms with Crippen LogP contribution in [0.15, 0.2) is 54.9 Å². The molecule has 74 valence electrons. The third kappa shape index (κ3) is 2.68. The van der Waals surface area contributed by atoms with Gasteiger partial charge in [-0.3, -0.25) is 0 Å². The molecule has 0 bridgehead atoms. The largest absolute Gasteiger partial charge is 0.503 e. The van der Waals surface area contributed by atoms with Crippen molar-refractivity contribution in [2.45, 2.75) is 0 Å². The number of aromatic hydroxyl groups is 1. The quantitative estimate of drug-likeness (QED) is 0.736. The highest BCUT2D eigenvalue weighted by molar-refractivity contribution is 5.56. The van der Waals surface area contributed by atoms with Gasteiger partial charge in [-0.15, -0.1) is 0 Å². The van der Waals surface area contributed by atoms with E-state index in [0.29, 0.717) is 0 Å². The van der Waals surface area contributed by atoms with E-state index >= 15 is 0 Å². The van der Waals surface area contributed by atoms with Crippen LogP contribution >= 0.6 is 0 Å². The summed E-state index contributed by atoms with van der Waals surface area (Å²) in [6, 6.07) is 13.5. The maximum Gasteiger partial charge on any atom is 0.216 e. The Hall–Kier alpha value is -2.09. The molecule has 1 heterocycles. The van der Waals surface area contributed by atoms with Crippen LogP contribution in [0.5, 0.6) is 5.75 Å². The van der Waals surface area contributed by atoms with E-state index in [-0.39, 0.29) is 5.75 Å². The molecule has 2 heteroatoms. The predicted molar refractivity (Wildman–Crippen MR) is 60.0 cm³/mol. The van der Waals surface area contributed by atoms with Crippen LogP contribution in [0.1, 0.15) is 5.56 Å². The summed E-state index contributed by atoms with van der Waals surface area (Å²) in [5, 5.41) is 9.26. The molecule has 1 aromatic carbocycles. The molecule has 0 saturated heterocycles. The first-order chi connectivity index (χ1) is 7.34. The third-order valence-corrected chi connectivity index (χ3v) is 2.05. The molecule has 1 aromatic heterocycles. The topological polar surface area (TPSA) is 24.1 Å². The minimum atomic E-state index is 0.259. The normalized spacial score (nSPS) is 10.7. The van der Waals surface area contributed by atoms with Gasteiger partial charge in [-0.2, -0.15) is 4.57 Å². The van der Waals surface area contributed by atoms with E-state index in [1.165, 1.54) is 0 Å². The van der Waals surface area contributed by atoms with Crippen molar-refractivity contribution in [3.05, 3.63) is 60.4 Å². The van der Waals surface area contributed by atoms with Crippen LogP contribution in [0.2, 0.25) is 0 Å². The molecule has 0 unspecified atom stereocenters. The van der Waals surface area contributed by atoms with Gasteiger partial charge in [-0.05, 0) is 11.6 Å². The van der Waals surface area contributed by atoms with Crippen LogP contribution in [0, 0.1) is 0 Å². The predicted octanol–water partition coefficient (Wildman–Crippen LogP) is 2.31. The summed E-state index contributed by atoms with van der Waals surface area (Å²) in [7, 11) is 0. The van der Waals surface area contributed by atoms with E-state index in [1.54, 1.807) is 18.3 Å². The monoisotopic (exact) mass is 198 g/mol. The van der Waals surface area contributed by atoms with Crippen LogP contribution in [0.4, 0.5) is 0 Å². The van der Waals surface area contributed by atoms with Gasteiger partial charge in [0, 0.05) is 12.1 Å². The average molecular weight is 198 g/mol. The number of hydrogen-bond acceptors (Lipinski definition) is 1. The van der Waals surface area contributed by atoms with Gasteiger partial charge in [0.15, 0.2) is 18.1 Å². The lowest BCUT2D eigenvalue weighted by atomic mass is 10.2. The fourth-order valence-electron chi connectivity index (χ4n) is 1.31. The Morgan fingerprint density at radius 1 is 1.00 bits per heavy atom. The smallest absolute Gasteiger partial charge is 0.216 e. The molecule has 2 nitrogen and oxygen atoms in total. The molecule has 0 aliphatic heterocycles. The zero-order valence-electron chi connectivity index (χ0n) is 8.25. The Morgan fingerprint density at radius 3 is 2.53 bits per heavy atom. The number of pyridine rings is 1. The molecule has 15 heavy (non-hydrogen) atoms. The number of hydrogen-bond donors (Lipinski definition) is 1. The van der Waals surface area contributed by atoms with Crippen LogP contribution in [-0.2, 0) is 0 Å². The van der Waals surface area contributed by atoms with Gasteiger partial charge in [-0.25, -0.2) is 0 Å². The second-order valence-electron chi connectivity index (χ2n) is 3.24. The number of benzene rings is 1. The first-order valence-electron chi connectivity index (χ1n) is 4.77. The third-order valence-electron chi connectivity index (χ3n) is 2.05. The van der Waals surface area contributed by atoms with E-state index in [2.05, 4.69) is 0 Å². The molecule has 1 N–H and O–H groups in total. The van der Waals surface area contributed by atoms with Crippen molar-refractivity contribution >= 4 is 12.3 Å². The Balaban J connectivity index is 2.19. The van der Waals surface area contributed by atoms with Crippen molar-refractivity contribution in [1.82, 2.24) is 0 Å². The SMILES string of the molecule is Oc1ccc[n+](/C=C\c2ccccc2)c1. The molecule has 0 radical (unpaired) electrons. The summed E-state index contributed by atoms with van der Waals surface area (Å²) < 4.78 is 1.81. The van der Waals surface area contributed by atoms with Crippen molar-refractivity contribution in [1.29, 1.82) is 0 Å². The second-order valence-corrected chi connectivity index (χ2v) is 3.24. The summed E-state index contributed by atoms with van der Waals surface area (Å²) in [6.07, 6.45) is 7.41. The Kier molecular flexibility index (Phi) is 2.79. The summed E-state index contributed by atoms with van der Waals surface area (Å²) in [5.74, 6) is 0.259. The number of rotatable bonds is 2. The number of aromatic nitrogens is 1. The maximum atomic E-state index is 9.26. The molecular formula is C13H12NO+. The van der Waals surface area contributed by atoms with Crippen molar-refractivity contribution < 1.29 is 9.67 Å². The van der Waals surface area contributed by atoms with E-state index in [1.807, 2.05) is 53.4 Å². The minimum absolute atomic E-state index is 0.259. The molecule has 0 fully saturated rings. The molecule has 0 spiro atoms. The second kappa shape index (κ2) is 4.42. The summed E-state index contributed by atoms with van der Waals surface area (Å²) in [6.45, 7) is 0. The van der Waals surface area contributed by atoms with E-state index in [0.717, 1.165) is 5.56 Å². The van der Waals surface area contributed by atoms with Crippen LogP contribution in [-0.4, -0.2) is 5.11 Å². The highest BCUT2D eigenvalue weighted by atomic mass is 16.3. The number of nitrogens with zero attached hydrogens (tertiary/aromatic N) is 1. The molecular weight excluding hydrogens is 186 g/mol. The summed E-state index contributed by atoms with van der Waals surface area (Å²) in [5.41, 5.74) is 1.13. The fourth-order valence-corrected chi connectivity index (χ4v) is 1.31. The highest BCUT2D eigenvalue weighted by Gasteiger charge is 1.95. The van der Waals surface area contributed by atoms with Gasteiger partial charge >= 0.3 is 0 Å². The van der Waals surface area contributed by atoms with Gasteiger partial charge in [-0.1, -0.05) is 30.3 Å². The first-order valence-corrected chi connectivity index (χ1v) is 4.77. The highest BCUT2D eigenvalue weighted by Crippen LogP contribution is 2.02. The summed E-state index contributed by atoms with van der Waals surface area (Å²) in [4.78, 5) is 0. The molecule has 2 rings (SSSR count). The lowest BCUT2D eigenvalue weighted by molar-refractivity contribution is -0.567. The molecule has 0 amide bonds. The zero-order chi connectivity index (χ0) is 10.5. The van der Waals surface area contributed by atoms with Gasteiger partial charge in [0.25, 0.3) is 0 Å². The van der Waals surface area contributed by atoms with Gasteiger partial charge in [0.2, 0.25) is 6.20 Å². The fraction of sp³-hybridized carbons (Fsp3) is 0. The van der Waals surface area contributed by atoms with Gasteiger partial charge < -0.3 is 5.11 Å². The zero-order valence-corrected chi connectivity index (χ0v) is 8.25. The van der Waals surface area contributed by atoms with Crippen molar-refractivity contribution in [2.24, 2.45) is 0 Å². The van der Waals surface area contributed by atoms with E-state index in [9.17, 15) is 5.11 Å². The molecule has 0 atom stereocenters. The van der Waals surface area contributed by atoms with Crippen molar-refractivity contribution in [3.8, 4) is 5.75 Å². The van der Waals surface area contributed by atoms with Crippen molar-refractivity contribution in [2.75, 3.05) is 0 Å². The van der Waals surface area contributed by atoms with E-state index < -0.39 is 0 Å². The average Bonchev–Trinajstić information content (AvgIpc) is 2.28. The Bertz CT molecular complexity index is 463. The van der Waals surface area contributed by atoms with Crippen molar-refractivity contribution in [3.63, 3.8) is 0 Å². The summed E-state index contributed by atoms with van der Waals surface area (Å²) >= 11 is 0. The van der Waals surface area contributed by atoms with Crippen LogP contribution < -0.4 is 4.57 Å². The molecule has 0 aliphatic rings. The van der Waals surface area contributed by atoms with Crippen LogP contribution in [0.25, 0.3) is 12.3 Å². The van der Waals surface area contributed by atoms with Crippen LogP contribution in [0.3, 0.4) is 0 Å².